The van der Waals surface area contributed by atoms with Crippen LogP contribution in [0.25, 0.3) is 11.3 Å². The van der Waals surface area contributed by atoms with Crippen molar-refractivity contribution in [3.63, 3.8) is 0 Å². The van der Waals surface area contributed by atoms with E-state index >= 15 is 0 Å². The van der Waals surface area contributed by atoms with E-state index in [-0.39, 0.29) is 0 Å². The van der Waals surface area contributed by atoms with Crippen molar-refractivity contribution in [2.24, 2.45) is 0 Å². The number of halogens is 1. The fraction of sp³-hybridized carbons (Fsp3) is 0.182. The molecule has 1 aromatic heterocycles. The standard InChI is InChI=1S/C11H11ClN2O2/c1-15-10-4-3-7(5-8(10)12)9-6-13-11(14-9)16-2/h3-6H,1-2H3,(H,13,14). The Morgan fingerprint density at radius 1 is 1.25 bits per heavy atom. The minimum absolute atomic E-state index is 0.474. The average molecular weight is 239 g/mol. The molecule has 0 amide bonds. The summed E-state index contributed by atoms with van der Waals surface area (Å²) in [7, 11) is 3.14. The molecule has 2 aromatic rings. The number of benzene rings is 1. The topological polar surface area (TPSA) is 47.1 Å². The Balaban J connectivity index is 2.37. The zero-order chi connectivity index (χ0) is 11.5. The molecule has 4 nitrogen and oxygen atoms in total. The van der Waals surface area contributed by atoms with E-state index < -0.39 is 0 Å². The molecule has 1 heterocycles. The monoisotopic (exact) mass is 238 g/mol. The van der Waals surface area contributed by atoms with Gasteiger partial charge in [0.1, 0.15) is 5.75 Å². The van der Waals surface area contributed by atoms with Crippen LogP contribution < -0.4 is 9.47 Å². The quantitative estimate of drug-likeness (QED) is 0.895. The van der Waals surface area contributed by atoms with Gasteiger partial charge in [0.05, 0.1) is 31.1 Å². The molecule has 0 bridgehead atoms. The molecule has 0 aliphatic rings. The van der Waals surface area contributed by atoms with Crippen LogP contribution in [0.15, 0.2) is 24.4 Å². The van der Waals surface area contributed by atoms with Crippen LogP contribution in [-0.2, 0) is 0 Å². The van der Waals surface area contributed by atoms with E-state index in [2.05, 4.69) is 9.97 Å². The zero-order valence-electron chi connectivity index (χ0n) is 8.95. The van der Waals surface area contributed by atoms with E-state index in [0.29, 0.717) is 16.8 Å². The number of nitrogens with one attached hydrogen (secondary N) is 1. The molecule has 0 aliphatic heterocycles. The molecule has 1 aromatic carbocycles. The fourth-order valence-electron chi connectivity index (χ4n) is 1.39. The molecular formula is C11H11ClN2O2. The van der Waals surface area contributed by atoms with Gasteiger partial charge in [-0.15, -0.1) is 0 Å². The number of ether oxygens (including phenoxy) is 2. The summed E-state index contributed by atoms with van der Waals surface area (Å²) >= 11 is 6.03. The smallest absolute Gasteiger partial charge is 0.293 e. The highest BCUT2D eigenvalue weighted by Crippen LogP contribution is 2.29. The second kappa shape index (κ2) is 4.45. The highest BCUT2D eigenvalue weighted by molar-refractivity contribution is 6.32. The first-order valence-corrected chi connectivity index (χ1v) is 5.05. The molecular weight excluding hydrogens is 228 g/mol. The molecule has 5 heteroatoms. The lowest BCUT2D eigenvalue weighted by Gasteiger charge is -2.04. The molecule has 0 radical (unpaired) electrons. The van der Waals surface area contributed by atoms with Crippen molar-refractivity contribution in [2.45, 2.75) is 0 Å². The normalized spacial score (nSPS) is 10.2. The minimum atomic E-state index is 0.474. The summed E-state index contributed by atoms with van der Waals surface area (Å²) in [6, 6.07) is 6.00. The lowest BCUT2D eigenvalue weighted by molar-refractivity contribution is 0.384. The van der Waals surface area contributed by atoms with Crippen LogP contribution >= 0.6 is 11.6 Å². The van der Waals surface area contributed by atoms with E-state index in [1.165, 1.54) is 0 Å². The number of imidazole rings is 1. The Morgan fingerprint density at radius 3 is 2.62 bits per heavy atom. The van der Waals surface area contributed by atoms with Gasteiger partial charge in [-0.1, -0.05) is 11.6 Å². The van der Waals surface area contributed by atoms with E-state index in [1.54, 1.807) is 20.4 Å². The third-order valence-electron chi connectivity index (χ3n) is 2.21. The van der Waals surface area contributed by atoms with Crippen molar-refractivity contribution in [3.8, 4) is 23.0 Å². The summed E-state index contributed by atoms with van der Waals surface area (Å²) in [6.07, 6.45) is 1.69. The minimum Gasteiger partial charge on any atom is -0.495 e. The Bertz CT molecular complexity index is 496. The lowest BCUT2D eigenvalue weighted by Crippen LogP contribution is -1.86. The first-order chi connectivity index (χ1) is 7.74. The number of rotatable bonds is 3. The number of nitrogens with zero attached hydrogens (tertiary/aromatic N) is 1. The Morgan fingerprint density at radius 2 is 2.06 bits per heavy atom. The number of aromatic amines is 1. The van der Waals surface area contributed by atoms with Crippen molar-refractivity contribution < 1.29 is 9.47 Å². The fourth-order valence-corrected chi connectivity index (χ4v) is 1.64. The van der Waals surface area contributed by atoms with Gasteiger partial charge >= 0.3 is 0 Å². The molecule has 0 fully saturated rings. The third-order valence-corrected chi connectivity index (χ3v) is 2.50. The van der Waals surface area contributed by atoms with E-state index in [9.17, 15) is 0 Å². The SMILES string of the molecule is COc1ncc(-c2ccc(OC)c(Cl)c2)[nH]1. The summed E-state index contributed by atoms with van der Waals surface area (Å²) in [6.45, 7) is 0. The molecule has 84 valence electrons. The van der Waals surface area contributed by atoms with Gasteiger partial charge in [0.2, 0.25) is 0 Å². The van der Waals surface area contributed by atoms with Crippen LogP contribution in [-0.4, -0.2) is 24.2 Å². The molecule has 0 unspecified atom stereocenters. The first-order valence-electron chi connectivity index (χ1n) is 4.67. The zero-order valence-corrected chi connectivity index (χ0v) is 9.71. The van der Waals surface area contributed by atoms with Gasteiger partial charge < -0.3 is 14.5 Å². The molecule has 2 rings (SSSR count). The maximum atomic E-state index is 6.03. The molecule has 0 atom stereocenters. The second-order valence-electron chi connectivity index (χ2n) is 3.16. The van der Waals surface area contributed by atoms with Gasteiger partial charge in [-0.25, -0.2) is 4.98 Å². The molecule has 1 N–H and O–H groups in total. The molecule has 0 spiro atoms. The summed E-state index contributed by atoms with van der Waals surface area (Å²) in [5.74, 6) is 0.650. The third kappa shape index (κ3) is 1.97. The number of methoxy groups -OCH3 is 2. The molecule has 0 saturated carbocycles. The molecule has 0 saturated heterocycles. The van der Waals surface area contributed by atoms with Crippen LogP contribution in [0.2, 0.25) is 5.02 Å². The number of aromatic nitrogens is 2. The van der Waals surface area contributed by atoms with Gasteiger partial charge in [-0.3, -0.25) is 0 Å². The maximum absolute atomic E-state index is 6.03. The Labute approximate surface area is 98.2 Å². The van der Waals surface area contributed by atoms with Gasteiger partial charge in [0.25, 0.3) is 6.01 Å². The van der Waals surface area contributed by atoms with E-state index in [4.69, 9.17) is 21.1 Å². The number of hydrogen-bond acceptors (Lipinski definition) is 3. The second-order valence-corrected chi connectivity index (χ2v) is 3.56. The highest BCUT2D eigenvalue weighted by atomic mass is 35.5. The highest BCUT2D eigenvalue weighted by Gasteiger charge is 2.06. The van der Waals surface area contributed by atoms with Gasteiger partial charge in [-0.2, -0.15) is 0 Å². The predicted octanol–water partition coefficient (Wildman–Crippen LogP) is 2.75. The van der Waals surface area contributed by atoms with Crippen LogP contribution in [0.4, 0.5) is 0 Å². The molecule has 0 aliphatic carbocycles. The predicted molar refractivity (Wildman–Crippen MR) is 62.1 cm³/mol. The van der Waals surface area contributed by atoms with Crippen molar-refractivity contribution in [2.75, 3.05) is 14.2 Å². The number of hydrogen-bond donors (Lipinski definition) is 1. The summed E-state index contributed by atoms with van der Waals surface area (Å²) in [5, 5.41) is 0.563. The molecule has 16 heavy (non-hydrogen) atoms. The summed E-state index contributed by atoms with van der Waals surface area (Å²) < 4.78 is 10.0. The van der Waals surface area contributed by atoms with Crippen LogP contribution in [0, 0.1) is 0 Å². The van der Waals surface area contributed by atoms with Crippen molar-refractivity contribution in [1.82, 2.24) is 9.97 Å². The largest absolute Gasteiger partial charge is 0.495 e. The van der Waals surface area contributed by atoms with Crippen molar-refractivity contribution >= 4 is 11.6 Å². The lowest BCUT2D eigenvalue weighted by atomic mass is 10.1. The van der Waals surface area contributed by atoms with Gasteiger partial charge in [0, 0.05) is 5.56 Å². The Hall–Kier alpha value is -1.68. The maximum Gasteiger partial charge on any atom is 0.293 e. The van der Waals surface area contributed by atoms with Crippen molar-refractivity contribution in [1.29, 1.82) is 0 Å². The number of H-pyrrole nitrogens is 1. The van der Waals surface area contributed by atoms with Gasteiger partial charge in [0.15, 0.2) is 0 Å². The first kappa shape index (κ1) is 10.8. The summed E-state index contributed by atoms with van der Waals surface area (Å²) in [4.78, 5) is 7.04. The van der Waals surface area contributed by atoms with E-state index in [0.717, 1.165) is 11.3 Å². The summed E-state index contributed by atoms with van der Waals surface area (Å²) in [5.41, 5.74) is 1.78. The van der Waals surface area contributed by atoms with E-state index in [1.807, 2.05) is 18.2 Å². The van der Waals surface area contributed by atoms with Crippen LogP contribution in [0.1, 0.15) is 0 Å². The average Bonchev–Trinajstić information content (AvgIpc) is 2.77. The van der Waals surface area contributed by atoms with Crippen LogP contribution in [0.3, 0.4) is 0 Å². The van der Waals surface area contributed by atoms with Crippen LogP contribution in [0.5, 0.6) is 11.8 Å². The van der Waals surface area contributed by atoms with Crippen molar-refractivity contribution in [3.05, 3.63) is 29.4 Å². The Kier molecular flexibility index (Phi) is 3.01. The van der Waals surface area contributed by atoms with Gasteiger partial charge in [-0.05, 0) is 18.2 Å².